The van der Waals surface area contributed by atoms with Crippen LogP contribution in [0.1, 0.15) is 45.0 Å². The molecule has 0 aliphatic carbocycles. The van der Waals surface area contributed by atoms with Crippen LogP contribution in [-0.2, 0) is 28.9 Å². The Morgan fingerprint density at radius 2 is 1.80 bits per heavy atom. The van der Waals surface area contributed by atoms with Crippen LogP contribution in [0, 0.1) is 5.41 Å². The van der Waals surface area contributed by atoms with Crippen molar-refractivity contribution < 1.29 is 50.5 Å². The lowest BCUT2D eigenvalue weighted by molar-refractivity contribution is -0.258. The van der Waals surface area contributed by atoms with Crippen molar-refractivity contribution in [2.24, 2.45) is 5.41 Å². The average Bonchev–Trinajstić information content (AvgIpc) is 3.00. The lowest BCUT2D eigenvalue weighted by Crippen LogP contribution is -2.52. The standard InChI is InChI=1S/C30H38F3N3O8S/c1-29(2)18-43-28(19-7-9-22(42-3)10-8-19)44-25(29)26(38)34-14-11-24(37)27(39)36-15-12-20(13-16-36)35-21-5-4-6-23(17-21)45(40,41)30(31,32)33/h4-10,17,20,24-25,28,35,37H,11-16,18H2,1-3H3,(H,34,38). The van der Waals surface area contributed by atoms with Gasteiger partial charge in [-0.15, -0.1) is 0 Å². The molecule has 2 amide bonds. The molecule has 0 radical (unpaired) electrons. The molecular weight excluding hydrogens is 619 g/mol. The van der Waals surface area contributed by atoms with Crippen LogP contribution in [0.4, 0.5) is 18.9 Å². The molecule has 15 heteroatoms. The largest absolute Gasteiger partial charge is 0.501 e. The number of halogens is 3. The lowest BCUT2D eigenvalue weighted by Gasteiger charge is -2.41. The van der Waals surface area contributed by atoms with Gasteiger partial charge in [-0.05, 0) is 49.6 Å². The van der Waals surface area contributed by atoms with E-state index in [0.29, 0.717) is 18.6 Å². The van der Waals surface area contributed by atoms with Crippen molar-refractivity contribution in [3.05, 3.63) is 54.1 Å². The van der Waals surface area contributed by atoms with Crippen LogP contribution < -0.4 is 15.4 Å². The quantitative estimate of drug-likeness (QED) is 0.350. The third-order valence-corrected chi connectivity index (χ3v) is 9.31. The smallest absolute Gasteiger partial charge is 0.497 e. The van der Waals surface area contributed by atoms with E-state index >= 15 is 0 Å². The molecule has 2 fully saturated rings. The third-order valence-electron chi connectivity index (χ3n) is 7.83. The molecule has 0 aromatic heterocycles. The van der Waals surface area contributed by atoms with Crippen molar-refractivity contribution in [2.45, 2.75) is 68.1 Å². The second kappa shape index (κ2) is 13.9. The number of nitrogens with zero attached hydrogens (tertiary/aromatic N) is 1. The fourth-order valence-electron chi connectivity index (χ4n) is 5.19. The van der Waals surface area contributed by atoms with Gasteiger partial charge in [-0.3, -0.25) is 9.59 Å². The maximum Gasteiger partial charge on any atom is 0.501 e. The SMILES string of the molecule is COc1ccc(C2OCC(C)(C)C(C(=O)NCCC(O)C(=O)N3CCC(Nc4cccc(S(=O)(=O)C(F)(F)F)c4)CC3)O2)cc1. The Labute approximate surface area is 259 Å². The Morgan fingerprint density at radius 3 is 2.42 bits per heavy atom. The monoisotopic (exact) mass is 657 g/mol. The molecule has 4 rings (SSSR count). The highest BCUT2D eigenvalue weighted by Gasteiger charge is 2.47. The Kier molecular flexibility index (Phi) is 10.7. The number of alkyl halides is 3. The summed E-state index contributed by atoms with van der Waals surface area (Å²) in [7, 11) is -3.91. The molecule has 3 unspecified atom stereocenters. The van der Waals surface area contributed by atoms with Gasteiger partial charge < -0.3 is 34.9 Å². The Morgan fingerprint density at radius 1 is 1.13 bits per heavy atom. The van der Waals surface area contributed by atoms with Gasteiger partial charge in [0.05, 0.1) is 18.6 Å². The van der Waals surface area contributed by atoms with Gasteiger partial charge in [-0.25, -0.2) is 8.42 Å². The molecule has 2 saturated heterocycles. The number of aliphatic hydroxyl groups excluding tert-OH is 1. The highest BCUT2D eigenvalue weighted by molar-refractivity contribution is 7.92. The number of carbonyl (C=O) groups is 2. The molecule has 2 aliphatic rings. The van der Waals surface area contributed by atoms with Crippen LogP contribution in [0.2, 0.25) is 0 Å². The van der Waals surface area contributed by atoms with Crippen LogP contribution in [0.25, 0.3) is 0 Å². The molecule has 11 nitrogen and oxygen atoms in total. The number of hydrogen-bond acceptors (Lipinski definition) is 9. The number of hydrogen-bond donors (Lipinski definition) is 3. The van der Waals surface area contributed by atoms with Crippen molar-refractivity contribution in [3.8, 4) is 5.75 Å². The molecule has 3 atom stereocenters. The van der Waals surface area contributed by atoms with Crippen LogP contribution in [0.3, 0.4) is 0 Å². The first kappa shape index (κ1) is 34.5. The Hall–Kier alpha value is -3.40. The molecule has 45 heavy (non-hydrogen) atoms. The van der Waals surface area contributed by atoms with E-state index in [9.17, 15) is 36.3 Å². The molecule has 2 heterocycles. The molecule has 2 aromatic carbocycles. The van der Waals surface area contributed by atoms with Gasteiger partial charge >= 0.3 is 5.51 Å². The number of carbonyl (C=O) groups excluding carboxylic acids is 2. The number of methoxy groups -OCH3 is 1. The van der Waals surface area contributed by atoms with E-state index in [1.54, 1.807) is 31.4 Å². The zero-order valence-electron chi connectivity index (χ0n) is 25.2. The summed E-state index contributed by atoms with van der Waals surface area (Å²) in [5.41, 5.74) is -5.09. The number of piperidine rings is 1. The van der Waals surface area contributed by atoms with E-state index in [2.05, 4.69) is 10.6 Å². The summed E-state index contributed by atoms with van der Waals surface area (Å²) in [5.74, 6) is -0.213. The zero-order valence-corrected chi connectivity index (χ0v) is 26.0. The van der Waals surface area contributed by atoms with Gasteiger partial charge in [-0.2, -0.15) is 13.2 Å². The lowest BCUT2D eigenvalue weighted by atomic mass is 9.85. The van der Waals surface area contributed by atoms with Crippen molar-refractivity contribution in [3.63, 3.8) is 0 Å². The summed E-state index contributed by atoms with van der Waals surface area (Å²) in [6, 6.07) is 11.4. The number of aliphatic hydroxyl groups is 1. The normalized spacial score (nSPS) is 21.5. The van der Waals surface area contributed by atoms with Crippen molar-refractivity contribution >= 4 is 27.3 Å². The Bertz CT molecular complexity index is 1450. The molecule has 248 valence electrons. The van der Waals surface area contributed by atoms with E-state index in [1.165, 1.54) is 17.0 Å². The minimum absolute atomic E-state index is 0.0191. The highest BCUT2D eigenvalue weighted by atomic mass is 32.2. The summed E-state index contributed by atoms with van der Waals surface area (Å²) in [4.78, 5) is 26.6. The predicted octanol–water partition coefficient (Wildman–Crippen LogP) is 3.40. The fraction of sp³-hybridized carbons (Fsp3) is 0.533. The zero-order chi connectivity index (χ0) is 33.0. The van der Waals surface area contributed by atoms with Gasteiger partial charge in [0.25, 0.3) is 15.7 Å². The molecule has 0 saturated carbocycles. The number of benzene rings is 2. The summed E-state index contributed by atoms with van der Waals surface area (Å²) in [6.45, 7) is 4.55. The van der Waals surface area contributed by atoms with E-state index in [0.717, 1.165) is 17.7 Å². The minimum Gasteiger partial charge on any atom is -0.497 e. The van der Waals surface area contributed by atoms with Crippen LogP contribution in [-0.4, -0.2) is 87.3 Å². The topological polar surface area (TPSA) is 144 Å². The second-order valence-electron chi connectivity index (χ2n) is 11.7. The van der Waals surface area contributed by atoms with Crippen molar-refractivity contribution in [2.75, 3.05) is 38.7 Å². The molecular formula is C30H38F3N3O8S. The first-order chi connectivity index (χ1) is 21.1. The fourth-order valence-corrected chi connectivity index (χ4v) is 6.00. The number of nitrogens with one attached hydrogen (secondary N) is 2. The highest BCUT2D eigenvalue weighted by Crippen LogP contribution is 2.37. The second-order valence-corrected chi connectivity index (χ2v) is 13.7. The van der Waals surface area contributed by atoms with E-state index in [-0.39, 0.29) is 50.3 Å². The van der Waals surface area contributed by atoms with Crippen LogP contribution in [0.5, 0.6) is 5.75 Å². The maximum absolute atomic E-state index is 13.1. The third kappa shape index (κ3) is 8.26. The van der Waals surface area contributed by atoms with E-state index in [4.69, 9.17) is 14.2 Å². The molecule has 0 bridgehead atoms. The van der Waals surface area contributed by atoms with Gasteiger partial charge in [-0.1, -0.05) is 32.0 Å². The van der Waals surface area contributed by atoms with Crippen molar-refractivity contribution in [1.29, 1.82) is 0 Å². The van der Waals surface area contributed by atoms with Gasteiger partial charge in [0.1, 0.15) is 18.0 Å². The molecule has 3 N–H and O–H groups in total. The van der Waals surface area contributed by atoms with E-state index in [1.807, 2.05) is 13.8 Å². The molecule has 2 aromatic rings. The number of amides is 2. The minimum atomic E-state index is -5.47. The number of sulfone groups is 1. The first-order valence-electron chi connectivity index (χ1n) is 14.5. The van der Waals surface area contributed by atoms with Gasteiger partial charge in [0.2, 0.25) is 5.91 Å². The van der Waals surface area contributed by atoms with E-state index < -0.39 is 50.1 Å². The molecule has 0 spiro atoms. The predicted molar refractivity (Wildman–Crippen MR) is 157 cm³/mol. The van der Waals surface area contributed by atoms with Crippen molar-refractivity contribution in [1.82, 2.24) is 10.2 Å². The average molecular weight is 658 g/mol. The number of ether oxygens (including phenoxy) is 3. The number of rotatable bonds is 10. The van der Waals surface area contributed by atoms with Crippen LogP contribution in [0.15, 0.2) is 53.4 Å². The molecule has 2 aliphatic heterocycles. The summed E-state index contributed by atoms with van der Waals surface area (Å²) >= 11 is 0. The van der Waals surface area contributed by atoms with Gasteiger partial charge in [0, 0.05) is 42.3 Å². The van der Waals surface area contributed by atoms with Gasteiger partial charge in [0.15, 0.2) is 6.29 Å². The Balaban J connectivity index is 1.23. The number of likely N-dealkylation sites (tertiary alicyclic amines) is 1. The summed E-state index contributed by atoms with van der Waals surface area (Å²) in [5, 5.41) is 16.3. The number of anilines is 1. The first-order valence-corrected chi connectivity index (χ1v) is 15.9. The summed E-state index contributed by atoms with van der Waals surface area (Å²) < 4.78 is 79.2. The summed E-state index contributed by atoms with van der Waals surface area (Å²) in [6.07, 6.45) is -2.11. The maximum atomic E-state index is 13.1. The van der Waals surface area contributed by atoms with Crippen LogP contribution >= 0.6 is 0 Å².